The average molecular weight is 875 g/mol. The number of nitrogens with zero attached hydrogens (tertiary/aromatic N) is 2. The summed E-state index contributed by atoms with van der Waals surface area (Å²) in [6.45, 7) is 38.5. The first kappa shape index (κ1) is 44.1. The van der Waals surface area contributed by atoms with Crippen LogP contribution in [0.25, 0.3) is 32.3 Å². The number of para-hydroxylation sites is 2. The molecule has 0 unspecified atom stereocenters. The van der Waals surface area contributed by atoms with Crippen molar-refractivity contribution in [2.75, 3.05) is 9.80 Å². The number of hydrogen-bond acceptors (Lipinski definition) is 2. The minimum absolute atomic E-state index is 0.000911. The highest BCUT2D eigenvalue weighted by atomic mass is 28.3. The van der Waals surface area contributed by atoms with Crippen molar-refractivity contribution in [1.82, 2.24) is 0 Å². The highest BCUT2D eigenvalue weighted by molar-refractivity contribution is 6.89. The third kappa shape index (κ3) is 7.11. The number of hydrogen-bond donors (Lipinski definition) is 0. The molecule has 64 heavy (non-hydrogen) atoms. The van der Waals surface area contributed by atoms with E-state index in [4.69, 9.17) is 0 Å². The molecule has 1 aliphatic carbocycles. The largest absolute Gasteiger partial charge is 0.309 e. The van der Waals surface area contributed by atoms with Crippen LogP contribution in [0.3, 0.4) is 0 Å². The maximum atomic E-state index is 2.68. The zero-order chi connectivity index (χ0) is 45.9. The highest BCUT2D eigenvalue weighted by Gasteiger charge is 2.35. The molecule has 0 amide bonds. The monoisotopic (exact) mass is 875 g/mol. The van der Waals surface area contributed by atoms with Crippen molar-refractivity contribution in [2.45, 2.75) is 133 Å². The number of aryl methyl sites for hydroxylation is 7. The summed E-state index contributed by atoms with van der Waals surface area (Å²) < 4.78 is 0. The summed E-state index contributed by atoms with van der Waals surface area (Å²) in [5.41, 5.74) is 19.9. The van der Waals surface area contributed by atoms with Crippen molar-refractivity contribution in [3.63, 3.8) is 0 Å². The lowest BCUT2D eigenvalue weighted by molar-refractivity contribution is 0.475. The zero-order valence-electron chi connectivity index (χ0n) is 41.7. The Hall–Kier alpha value is -5.17. The Bertz CT molecular complexity index is 3110. The van der Waals surface area contributed by atoms with E-state index in [9.17, 15) is 0 Å². The van der Waals surface area contributed by atoms with E-state index < -0.39 is 16.1 Å². The van der Waals surface area contributed by atoms with Crippen LogP contribution in [0.1, 0.15) is 90.1 Å². The molecule has 2 nitrogen and oxygen atoms in total. The molecular formula is C60H70N2Si2. The highest BCUT2D eigenvalue weighted by Crippen LogP contribution is 2.55. The molecule has 0 heterocycles. The van der Waals surface area contributed by atoms with Crippen LogP contribution in [0.4, 0.5) is 34.1 Å². The van der Waals surface area contributed by atoms with Gasteiger partial charge in [-0.1, -0.05) is 150 Å². The van der Waals surface area contributed by atoms with E-state index in [1.54, 1.807) is 0 Å². The summed E-state index contributed by atoms with van der Waals surface area (Å²) in [5, 5.41) is 11.3. The minimum Gasteiger partial charge on any atom is -0.309 e. The van der Waals surface area contributed by atoms with Gasteiger partial charge in [0.25, 0.3) is 0 Å². The van der Waals surface area contributed by atoms with E-state index in [1.165, 1.54) is 127 Å². The third-order valence-corrected chi connectivity index (χ3v) is 19.0. The SMILES string of the molecule is Cc1ccc([Si](C)(C)C)cc1N(c1c(C)cccc1C)c1cc(C(C)C)c2ccc3c(N(c4cc([Si](C)(C)C)ccc4C)c4c(C)cccc4C)cc4c5c(cc1c2c35)C(C)(C)CC4. The van der Waals surface area contributed by atoms with Crippen LogP contribution >= 0.6 is 0 Å². The standard InChI is InChI=1S/C60H70N2Si2/c1-36(2)48-35-54(62(59-41(7)21-18-22-42(59)8)52-33-45(64(14,15)16)26-24-38(52)4)49-34-50-55-43(29-30-60(50,9)10)31-53(47-28-27-46(48)56(49)57(47)55)61(58-39(5)19-17-20-40(58)6)51-32-44(63(11,12)13)25-23-37(51)3/h17-28,31-36H,29-30H2,1-16H3. The van der Waals surface area contributed by atoms with E-state index in [2.05, 4.69) is 221 Å². The normalized spacial score (nSPS) is 14.1. The second kappa shape index (κ2) is 15.5. The summed E-state index contributed by atoms with van der Waals surface area (Å²) in [6.07, 6.45) is 2.16. The predicted molar refractivity (Wildman–Crippen MR) is 289 cm³/mol. The lowest BCUT2D eigenvalue weighted by Gasteiger charge is -2.38. The molecule has 1 aliphatic rings. The average Bonchev–Trinajstić information content (AvgIpc) is 3.21. The Balaban J connectivity index is 1.50. The van der Waals surface area contributed by atoms with E-state index >= 15 is 0 Å². The summed E-state index contributed by atoms with van der Waals surface area (Å²) in [7, 11) is -3.31. The van der Waals surface area contributed by atoms with Gasteiger partial charge in [-0.15, -0.1) is 0 Å². The summed E-state index contributed by atoms with van der Waals surface area (Å²) in [4.78, 5) is 5.35. The first-order valence-electron chi connectivity index (χ1n) is 23.8. The fraction of sp³-hybridized carbons (Fsp3) is 0.333. The van der Waals surface area contributed by atoms with E-state index in [0.29, 0.717) is 5.92 Å². The molecule has 0 aromatic heterocycles. The van der Waals surface area contributed by atoms with Crippen LogP contribution in [-0.2, 0) is 11.8 Å². The molecular weight excluding hydrogens is 805 g/mol. The van der Waals surface area contributed by atoms with Gasteiger partial charge >= 0.3 is 0 Å². The topological polar surface area (TPSA) is 6.48 Å². The second-order valence-electron chi connectivity index (χ2n) is 22.5. The molecule has 0 saturated carbocycles. The quantitative estimate of drug-likeness (QED) is 0.105. The van der Waals surface area contributed by atoms with Gasteiger partial charge in [0, 0.05) is 27.5 Å². The van der Waals surface area contributed by atoms with Crippen molar-refractivity contribution in [2.24, 2.45) is 0 Å². The first-order valence-corrected chi connectivity index (χ1v) is 30.8. The lowest BCUT2D eigenvalue weighted by atomic mass is 9.70. The van der Waals surface area contributed by atoms with E-state index in [0.717, 1.165) is 12.8 Å². The van der Waals surface area contributed by atoms with Crippen LogP contribution < -0.4 is 20.2 Å². The molecule has 0 atom stereocenters. The van der Waals surface area contributed by atoms with Crippen molar-refractivity contribution in [3.05, 3.63) is 153 Å². The van der Waals surface area contributed by atoms with Crippen LogP contribution in [0.2, 0.25) is 39.3 Å². The molecule has 8 aromatic rings. The Morgan fingerprint density at radius 1 is 0.469 bits per heavy atom. The fourth-order valence-corrected chi connectivity index (χ4v) is 13.3. The van der Waals surface area contributed by atoms with Crippen molar-refractivity contribution in [1.29, 1.82) is 0 Å². The van der Waals surface area contributed by atoms with Gasteiger partial charge in [0.1, 0.15) is 0 Å². The van der Waals surface area contributed by atoms with E-state index in [-0.39, 0.29) is 5.41 Å². The maximum absolute atomic E-state index is 2.68. The number of rotatable bonds is 9. The van der Waals surface area contributed by atoms with Gasteiger partial charge in [-0.25, -0.2) is 0 Å². The molecule has 0 saturated heterocycles. The zero-order valence-corrected chi connectivity index (χ0v) is 43.7. The minimum atomic E-state index is -1.66. The van der Waals surface area contributed by atoms with Gasteiger partial charge in [0.2, 0.25) is 0 Å². The van der Waals surface area contributed by atoms with Crippen molar-refractivity contribution < 1.29 is 0 Å². The lowest BCUT2D eigenvalue weighted by Crippen LogP contribution is -2.38. The summed E-state index contributed by atoms with van der Waals surface area (Å²) >= 11 is 0. The molecule has 4 heteroatoms. The molecule has 0 aliphatic heterocycles. The van der Waals surface area contributed by atoms with Crippen LogP contribution in [0.15, 0.2) is 103 Å². The van der Waals surface area contributed by atoms with Gasteiger partial charge in [0.15, 0.2) is 0 Å². The van der Waals surface area contributed by atoms with Gasteiger partial charge in [-0.2, -0.15) is 0 Å². The summed E-state index contributed by atoms with van der Waals surface area (Å²) in [5.74, 6) is 0.318. The molecule has 0 radical (unpaired) electrons. The predicted octanol–water partition coefficient (Wildman–Crippen LogP) is 16.8. The molecule has 0 fully saturated rings. The van der Waals surface area contributed by atoms with Gasteiger partial charge < -0.3 is 9.80 Å². The Morgan fingerprint density at radius 3 is 1.41 bits per heavy atom. The Kier molecular flexibility index (Phi) is 10.7. The van der Waals surface area contributed by atoms with Gasteiger partial charge in [-0.05, 0) is 162 Å². The Labute approximate surface area is 386 Å². The van der Waals surface area contributed by atoms with Crippen molar-refractivity contribution >= 4 is 93.0 Å². The molecule has 0 spiro atoms. The second-order valence-corrected chi connectivity index (χ2v) is 32.6. The van der Waals surface area contributed by atoms with E-state index in [1.807, 2.05) is 0 Å². The third-order valence-electron chi connectivity index (χ3n) is 14.9. The van der Waals surface area contributed by atoms with Crippen LogP contribution in [0.5, 0.6) is 0 Å². The Morgan fingerprint density at radius 2 is 0.938 bits per heavy atom. The smallest absolute Gasteiger partial charge is 0.0776 e. The van der Waals surface area contributed by atoms with Gasteiger partial charge in [-0.3, -0.25) is 0 Å². The number of benzene rings is 8. The molecule has 8 aromatic carbocycles. The number of anilines is 6. The maximum Gasteiger partial charge on any atom is 0.0776 e. The first-order chi connectivity index (χ1) is 30.1. The fourth-order valence-electron chi connectivity index (χ4n) is 11.0. The van der Waals surface area contributed by atoms with Crippen molar-refractivity contribution in [3.8, 4) is 0 Å². The molecule has 328 valence electrons. The van der Waals surface area contributed by atoms with Crippen LogP contribution in [0, 0.1) is 41.5 Å². The van der Waals surface area contributed by atoms with Crippen LogP contribution in [-0.4, -0.2) is 16.1 Å². The molecule has 9 rings (SSSR count). The van der Waals surface area contributed by atoms with Gasteiger partial charge in [0.05, 0.1) is 38.9 Å². The molecule has 0 bridgehead atoms. The summed E-state index contributed by atoms with van der Waals surface area (Å²) in [6, 6.07) is 41.1. The molecule has 0 N–H and O–H groups in total.